The van der Waals surface area contributed by atoms with Crippen molar-refractivity contribution in [2.75, 3.05) is 10.6 Å². The van der Waals surface area contributed by atoms with E-state index in [1.807, 2.05) is 48.5 Å². The lowest BCUT2D eigenvalue weighted by Gasteiger charge is -2.17. The van der Waals surface area contributed by atoms with E-state index < -0.39 is 27.8 Å². The van der Waals surface area contributed by atoms with Crippen molar-refractivity contribution in [1.29, 1.82) is 0 Å². The number of alkyl halides is 3. The topological polar surface area (TPSA) is 100 Å². The molecule has 3 aromatic carbocycles. The highest BCUT2D eigenvalue weighted by Gasteiger charge is 2.32. The van der Waals surface area contributed by atoms with Gasteiger partial charge in [0.05, 0.1) is 16.1 Å². The van der Waals surface area contributed by atoms with E-state index in [0.717, 1.165) is 41.0 Å². The normalized spacial score (nSPS) is 14.9. The molecular weight excluding hydrogens is 553 g/mol. The number of sulfonamides is 1. The van der Waals surface area contributed by atoms with Gasteiger partial charge in [0.25, 0.3) is 0 Å². The zero-order valence-electron chi connectivity index (χ0n) is 21.8. The van der Waals surface area contributed by atoms with Crippen LogP contribution in [0, 0.1) is 0 Å². The van der Waals surface area contributed by atoms with Crippen LogP contribution in [0.2, 0.25) is 0 Å². The minimum atomic E-state index is -4.55. The molecule has 1 unspecified atom stereocenters. The SMILES string of the molecule is O=C(CCc1ccccc1)Nc1cccnc1Nc1ccc2c(c1)C(NS(=O)(=O)c1ccc(C(F)(F)F)cc1)CC2. The van der Waals surface area contributed by atoms with Gasteiger partial charge in [-0.25, -0.2) is 18.1 Å². The Morgan fingerprint density at radius 2 is 1.71 bits per heavy atom. The maximum absolute atomic E-state index is 13.0. The number of amides is 1. The molecule has 11 heteroatoms. The van der Waals surface area contributed by atoms with Crippen molar-refractivity contribution in [3.8, 4) is 0 Å². The van der Waals surface area contributed by atoms with Gasteiger partial charge in [0.15, 0.2) is 5.82 Å². The van der Waals surface area contributed by atoms with Crippen LogP contribution in [0.4, 0.5) is 30.4 Å². The van der Waals surface area contributed by atoms with Crippen LogP contribution in [0.3, 0.4) is 0 Å². The van der Waals surface area contributed by atoms with E-state index in [2.05, 4.69) is 20.3 Å². The van der Waals surface area contributed by atoms with Crippen LogP contribution in [-0.4, -0.2) is 19.3 Å². The van der Waals surface area contributed by atoms with Gasteiger partial charge in [0.2, 0.25) is 15.9 Å². The maximum atomic E-state index is 13.0. The van der Waals surface area contributed by atoms with Crippen LogP contribution in [-0.2, 0) is 33.8 Å². The number of anilines is 3. The first-order valence-electron chi connectivity index (χ1n) is 13.0. The first-order chi connectivity index (χ1) is 19.6. The van der Waals surface area contributed by atoms with Crippen LogP contribution < -0.4 is 15.4 Å². The third kappa shape index (κ3) is 6.93. The van der Waals surface area contributed by atoms with E-state index in [4.69, 9.17) is 0 Å². The zero-order chi connectivity index (χ0) is 29.0. The molecule has 1 amide bonds. The molecule has 0 radical (unpaired) electrons. The Morgan fingerprint density at radius 1 is 0.951 bits per heavy atom. The Labute approximate surface area is 235 Å². The number of benzene rings is 3. The number of hydrogen-bond acceptors (Lipinski definition) is 5. The molecular formula is C30H27F3N4O3S. The number of pyridine rings is 1. The van der Waals surface area contributed by atoms with Crippen molar-refractivity contribution in [1.82, 2.24) is 9.71 Å². The van der Waals surface area contributed by atoms with Crippen LogP contribution in [0.5, 0.6) is 0 Å². The molecule has 0 aliphatic heterocycles. The summed E-state index contributed by atoms with van der Waals surface area (Å²) in [5, 5.41) is 6.11. The number of fused-ring (bicyclic) bond motifs is 1. The third-order valence-corrected chi connectivity index (χ3v) is 8.33. The van der Waals surface area contributed by atoms with E-state index in [-0.39, 0.29) is 10.8 Å². The summed E-state index contributed by atoms with van der Waals surface area (Å²) in [6.07, 6.45) is -0.909. The number of nitrogens with one attached hydrogen (secondary N) is 3. The van der Waals surface area contributed by atoms with Crippen LogP contribution in [0.15, 0.2) is 96.0 Å². The molecule has 0 spiro atoms. The summed E-state index contributed by atoms with van der Waals surface area (Å²) in [5.74, 6) is 0.275. The zero-order valence-corrected chi connectivity index (χ0v) is 22.6. The second kappa shape index (κ2) is 11.7. The molecule has 7 nitrogen and oxygen atoms in total. The van der Waals surface area contributed by atoms with Gasteiger partial charge in [-0.2, -0.15) is 13.2 Å². The monoisotopic (exact) mass is 580 g/mol. The molecule has 212 valence electrons. The first-order valence-corrected chi connectivity index (χ1v) is 14.4. The fourth-order valence-electron chi connectivity index (χ4n) is 4.74. The summed E-state index contributed by atoms with van der Waals surface area (Å²) >= 11 is 0. The number of nitrogens with zero attached hydrogens (tertiary/aromatic N) is 1. The van der Waals surface area contributed by atoms with Crippen molar-refractivity contribution < 1.29 is 26.4 Å². The van der Waals surface area contributed by atoms with Crippen LogP contribution >= 0.6 is 0 Å². The summed E-state index contributed by atoms with van der Waals surface area (Å²) in [5.41, 5.74) is 3.02. The fourth-order valence-corrected chi connectivity index (χ4v) is 5.99. The average Bonchev–Trinajstić information content (AvgIpc) is 3.34. The van der Waals surface area contributed by atoms with E-state index in [1.54, 1.807) is 18.3 Å². The molecule has 1 aliphatic carbocycles. The molecule has 0 fully saturated rings. The number of rotatable bonds is 9. The molecule has 41 heavy (non-hydrogen) atoms. The van der Waals surface area contributed by atoms with E-state index in [0.29, 0.717) is 42.9 Å². The molecule has 1 heterocycles. The Morgan fingerprint density at radius 3 is 2.44 bits per heavy atom. The van der Waals surface area contributed by atoms with E-state index >= 15 is 0 Å². The molecule has 0 saturated carbocycles. The van der Waals surface area contributed by atoms with Gasteiger partial charge in [0.1, 0.15) is 0 Å². The molecule has 5 rings (SSSR count). The molecule has 4 aromatic rings. The summed E-state index contributed by atoms with van der Waals surface area (Å²) < 4.78 is 67.2. The molecule has 1 aliphatic rings. The third-order valence-electron chi connectivity index (χ3n) is 6.84. The van der Waals surface area contributed by atoms with Crippen molar-refractivity contribution in [3.63, 3.8) is 0 Å². The molecule has 0 saturated heterocycles. The lowest BCUT2D eigenvalue weighted by Crippen LogP contribution is -2.27. The Kier molecular flexibility index (Phi) is 8.09. The summed E-state index contributed by atoms with van der Waals surface area (Å²) in [6.45, 7) is 0. The van der Waals surface area contributed by atoms with Gasteiger partial charge in [0, 0.05) is 24.3 Å². The highest BCUT2D eigenvalue weighted by molar-refractivity contribution is 7.89. The van der Waals surface area contributed by atoms with Gasteiger partial charge >= 0.3 is 6.18 Å². The summed E-state index contributed by atoms with van der Waals surface area (Å²) in [6, 6.07) is 21.6. The largest absolute Gasteiger partial charge is 0.416 e. The number of carbonyl (C=O) groups is 1. The number of carbonyl (C=O) groups excluding carboxylic acids is 1. The van der Waals surface area contributed by atoms with Gasteiger partial charge in [-0.3, -0.25) is 4.79 Å². The van der Waals surface area contributed by atoms with Crippen LogP contribution in [0.25, 0.3) is 0 Å². The van der Waals surface area contributed by atoms with Gasteiger partial charge in [-0.15, -0.1) is 0 Å². The Balaban J connectivity index is 1.28. The highest BCUT2D eigenvalue weighted by Crippen LogP contribution is 2.36. The summed E-state index contributed by atoms with van der Waals surface area (Å²) in [4.78, 5) is 16.7. The van der Waals surface area contributed by atoms with E-state index in [1.165, 1.54) is 0 Å². The quantitative estimate of drug-likeness (QED) is 0.213. The lowest BCUT2D eigenvalue weighted by molar-refractivity contribution is -0.137. The first kappa shape index (κ1) is 28.3. The van der Waals surface area contributed by atoms with Crippen molar-refractivity contribution in [2.24, 2.45) is 0 Å². The average molecular weight is 581 g/mol. The Bertz CT molecular complexity index is 1640. The number of aryl methyl sites for hydroxylation is 2. The predicted octanol–water partition coefficient (Wildman–Crippen LogP) is 6.38. The van der Waals surface area contributed by atoms with Gasteiger partial charge in [-0.1, -0.05) is 36.4 Å². The fraction of sp³-hybridized carbons (Fsp3) is 0.200. The minimum Gasteiger partial charge on any atom is -0.338 e. The number of hydrogen-bond donors (Lipinski definition) is 3. The lowest BCUT2D eigenvalue weighted by atomic mass is 10.1. The van der Waals surface area contributed by atoms with Crippen LogP contribution in [0.1, 0.15) is 41.1 Å². The highest BCUT2D eigenvalue weighted by atomic mass is 32.2. The molecule has 0 bridgehead atoms. The molecule has 1 atom stereocenters. The minimum absolute atomic E-state index is 0.156. The predicted molar refractivity (Wildman–Crippen MR) is 150 cm³/mol. The van der Waals surface area contributed by atoms with Crippen molar-refractivity contribution in [3.05, 3.63) is 113 Å². The number of aromatic nitrogens is 1. The number of halogens is 3. The molecule has 1 aromatic heterocycles. The summed E-state index contributed by atoms with van der Waals surface area (Å²) in [7, 11) is -4.06. The second-order valence-corrected chi connectivity index (χ2v) is 11.4. The smallest absolute Gasteiger partial charge is 0.338 e. The standard InChI is InChI=1S/C30H27F3N4O3S/c31-30(32,33)22-11-14-24(15-12-22)41(39,40)37-26-16-10-21-9-13-23(19-25(21)26)35-29-27(7-4-18-34-29)36-28(38)17-8-20-5-2-1-3-6-20/h1-7,9,11-15,18-19,26,37H,8,10,16-17H2,(H,34,35)(H,36,38). The van der Waals surface area contributed by atoms with Gasteiger partial charge < -0.3 is 10.6 Å². The van der Waals surface area contributed by atoms with Crippen molar-refractivity contribution in [2.45, 2.75) is 42.8 Å². The van der Waals surface area contributed by atoms with Crippen molar-refractivity contribution >= 4 is 33.1 Å². The molecule has 3 N–H and O–H groups in total. The maximum Gasteiger partial charge on any atom is 0.416 e. The second-order valence-electron chi connectivity index (χ2n) is 9.71. The Hall–Kier alpha value is -4.22. The van der Waals surface area contributed by atoms with E-state index in [9.17, 15) is 26.4 Å². The van der Waals surface area contributed by atoms with Gasteiger partial charge in [-0.05, 0) is 84.5 Å².